The van der Waals surface area contributed by atoms with E-state index >= 15 is 0 Å². The van der Waals surface area contributed by atoms with Crippen molar-refractivity contribution in [1.29, 1.82) is 0 Å². The standard InChI is InChI=1S/C28H15Cl2N3O8S/c29-16-8-11-18(20(30)13-16)25(35)31(32-26(36)19-3-1-4-21(33(39)40)24(19)27(32)37)14-22(34)15-6-9-17(10-7-15)41-28(38)23-5-2-12-42-23/h1-13H,14H2. The Hall–Kier alpha value is -4.91. The number of halogens is 2. The van der Waals surface area contributed by atoms with Crippen LogP contribution < -0.4 is 4.74 Å². The van der Waals surface area contributed by atoms with Crippen molar-refractivity contribution < 1.29 is 33.6 Å². The fourth-order valence-corrected chi connectivity index (χ4v) is 5.24. The van der Waals surface area contributed by atoms with Crippen LogP contribution in [-0.4, -0.2) is 51.0 Å². The number of hydrogen-bond acceptors (Lipinski definition) is 9. The van der Waals surface area contributed by atoms with Gasteiger partial charge in [0.25, 0.3) is 23.4 Å². The van der Waals surface area contributed by atoms with Crippen molar-refractivity contribution >= 4 is 69.7 Å². The number of benzene rings is 3. The zero-order valence-electron chi connectivity index (χ0n) is 21.0. The lowest BCUT2D eigenvalue weighted by Gasteiger charge is -2.29. The number of imide groups is 1. The number of nitro benzene ring substituents is 1. The molecule has 0 spiro atoms. The number of carbonyl (C=O) groups is 5. The van der Waals surface area contributed by atoms with Crippen LogP contribution in [0.4, 0.5) is 5.69 Å². The van der Waals surface area contributed by atoms with Gasteiger partial charge in [-0.15, -0.1) is 11.3 Å². The Morgan fingerprint density at radius 3 is 2.33 bits per heavy atom. The molecule has 210 valence electrons. The smallest absolute Gasteiger partial charge is 0.353 e. The highest BCUT2D eigenvalue weighted by molar-refractivity contribution is 7.12. The average Bonchev–Trinajstić information content (AvgIpc) is 3.59. The van der Waals surface area contributed by atoms with Crippen molar-refractivity contribution in [3.8, 4) is 5.75 Å². The molecule has 0 bridgehead atoms. The van der Waals surface area contributed by atoms with Crippen LogP contribution in [0.25, 0.3) is 0 Å². The molecule has 0 unspecified atom stereocenters. The molecule has 14 heteroatoms. The first-order valence-corrected chi connectivity index (χ1v) is 13.5. The van der Waals surface area contributed by atoms with Gasteiger partial charge in [0.05, 0.1) is 21.1 Å². The summed E-state index contributed by atoms with van der Waals surface area (Å²) >= 11 is 13.4. The molecule has 0 radical (unpaired) electrons. The van der Waals surface area contributed by atoms with Gasteiger partial charge in [0.1, 0.15) is 22.7 Å². The Labute approximate surface area is 250 Å². The van der Waals surface area contributed by atoms with E-state index in [9.17, 15) is 34.1 Å². The molecule has 0 saturated heterocycles. The molecule has 2 heterocycles. The maximum Gasteiger partial charge on any atom is 0.353 e. The quantitative estimate of drug-likeness (QED) is 0.0605. The first kappa shape index (κ1) is 28.6. The summed E-state index contributed by atoms with van der Waals surface area (Å²) in [5.74, 6) is -4.36. The van der Waals surface area contributed by atoms with Crippen LogP contribution in [-0.2, 0) is 0 Å². The topological polar surface area (TPSA) is 144 Å². The Balaban J connectivity index is 1.47. The zero-order valence-corrected chi connectivity index (χ0v) is 23.3. The van der Waals surface area contributed by atoms with Crippen LogP contribution in [0.15, 0.2) is 78.2 Å². The normalized spacial score (nSPS) is 12.2. The molecule has 42 heavy (non-hydrogen) atoms. The third kappa shape index (κ3) is 5.38. The van der Waals surface area contributed by atoms with Gasteiger partial charge in [-0.3, -0.25) is 29.3 Å². The van der Waals surface area contributed by atoms with Crippen molar-refractivity contribution in [1.82, 2.24) is 10.0 Å². The van der Waals surface area contributed by atoms with Crippen molar-refractivity contribution in [2.75, 3.05) is 6.54 Å². The SMILES string of the molecule is O=C(CN(C(=O)c1ccc(Cl)cc1Cl)N1C(=O)c2cccc([N+](=O)[O-])c2C1=O)c1ccc(OC(=O)c2cccs2)cc1. The zero-order chi connectivity index (χ0) is 30.1. The van der Waals surface area contributed by atoms with Crippen LogP contribution >= 0.6 is 34.5 Å². The van der Waals surface area contributed by atoms with Gasteiger partial charge in [-0.1, -0.05) is 35.3 Å². The van der Waals surface area contributed by atoms with E-state index in [0.717, 1.165) is 6.07 Å². The molecule has 0 atom stereocenters. The molecule has 5 rings (SSSR count). The number of thiophene rings is 1. The molecular weight excluding hydrogens is 609 g/mol. The Kier molecular flexibility index (Phi) is 7.85. The largest absolute Gasteiger partial charge is 0.422 e. The number of hydrazine groups is 1. The number of hydrogen-bond donors (Lipinski definition) is 0. The predicted octanol–water partition coefficient (Wildman–Crippen LogP) is 5.72. The molecule has 1 aliphatic rings. The minimum absolute atomic E-state index is 0.0496. The van der Waals surface area contributed by atoms with E-state index in [0.29, 0.717) is 14.9 Å². The van der Waals surface area contributed by atoms with Crippen molar-refractivity contribution in [2.24, 2.45) is 0 Å². The predicted molar refractivity (Wildman–Crippen MR) is 151 cm³/mol. The van der Waals surface area contributed by atoms with Gasteiger partial charge in [0.15, 0.2) is 5.78 Å². The van der Waals surface area contributed by atoms with Crippen LogP contribution in [0.1, 0.15) is 51.1 Å². The summed E-state index contributed by atoms with van der Waals surface area (Å²) in [6.07, 6.45) is 0. The summed E-state index contributed by atoms with van der Waals surface area (Å²) in [6.45, 7) is -0.828. The number of Topliss-reactive ketones (excluding diaryl/α,β-unsaturated/α-hetero) is 1. The van der Waals surface area contributed by atoms with E-state index in [1.54, 1.807) is 17.5 Å². The number of nitrogens with zero attached hydrogens (tertiary/aromatic N) is 3. The summed E-state index contributed by atoms with van der Waals surface area (Å²) in [7, 11) is 0. The summed E-state index contributed by atoms with van der Waals surface area (Å²) in [5, 5.41) is 14.3. The Bertz CT molecular complexity index is 1790. The van der Waals surface area contributed by atoms with Gasteiger partial charge in [-0.2, -0.15) is 5.01 Å². The van der Waals surface area contributed by atoms with E-state index in [1.165, 1.54) is 65.9 Å². The number of ether oxygens (including phenoxy) is 1. The van der Waals surface area contributed by atoms with Gasteiger partial charge in [0.2, 0.25) is 0 Å². The molecule has 0 saturated carbocycles. The van der Waals surface area contributed by atoms with Crippen molar-refractivity contribution in [3.05, 3.63) is 125 Å². The number of nitro groups is 1. The summed E-state index contributed by atoms with van der Waals surface area (Å²) in [6, 6.07) is 16.1. The monoisotopic (exact) mass is 623 g/mol. The summed E-state index contributed by atoms with van der Waals surface area (Å²) < 4.78 is 5.29. The number of carbonyl (C=O) groups excluding carboxylic acids is 5. The Morgan fingerprint density at radius 2 is 1.69 bits per heavy atom. The van der Waals surface area contributed by atoms with E-state index in [4.69, 9.17) is 27.9 Å². The van der Waals surface area contributed by atoms with Gasteiger partial charge < -0.3 is 4.74 Å². The highest BCUT2D eigenvalue weighted by Gasteiger charge is 2.46. The minimum atomic E-state index is -1.16. The third-order valence-corrected chi connectivity index (χ3v) is 7.51. The summed E-state index contributed by atoms with van der Waals surface area (Å²) in [4.78, 5) is 77.1. The van der Waals surface area contributed by atoms with Crippen LogP contribution in [0.2, 0.25) is 10.0 Å². The van der Waals surface area contributed by atoms with E-state index in [1.807, 2.05) is 0 Å². The van der Waals surface area contributed by atoms with Crippen LogP contribution in [0.3, 0.4) is 0 Å². The van der Waals surface area contributed by atoms with E-state index in [2.05, 4.69) is 0 Å². The first-order chi connectivity index (χ1) is 20.1. The highest BCUT2D eigenvalue weighted by atomic mass is 35.5. The van der Waals surface area contributed by atoms with E-state index in [-0.39, 0.29) is 32.5 Å². The molecule has 1 aromatic heterocycles. The molecule has 11 nitrogen and oxygen atoms in total. The van der Waals surface area contributed by atoms with Crippen LogP contribution in [0.5, 0.6) is 5.75 Å². The third-order valence-electron chi connectivity index (χ3n) is 6.11. The lowest BCUT2D eigenvalue weighted by atomic mass is 10.1. The maximum absolute atomic E-state index is 13.7. The number of ketones is 1. The van der Waals surface area contributed by atoms with Crippen molar-refractivity contribution in [3.63, 3.8) is 0 Å². The second-order valence-electron chi connectivity index (χ2n) is 8.68. The molecule has 0 fully saturated rings. The molecule has 4 aromatic rings. The lowest BCUT2D eigenvalue weighted by Crippen LogP contribution is -2.51. The second kappa shape index (κ2) is 11.5. The summed E-state index contributed by atoms with van der Waals surface area (Å²) in [5.41, 5.74) is -1.59. The molecule has 3 aromatic carbocycles. The van der Waals surface area contributed by atoms with Gasteiger partial charge in [-0.05, 0) is 60.0 Å². The molecular formula is C28H15Cl2N3O8S. The highest BCUT2D eigenvalue weighted by Crippen LogP contribution is 2.33. The average molecular weight is 624 g/mol. The first-order valence-electron chi connectivity index (χ1n) is 11.9. The number of rotatable bonds is 8. The Morgan fingerprint density at radius 1 is 0.952 bits per heavy atom. The lowest BCUT2D eigenvalue weighted by molar-refractivity contribution is -0.385. The number of esters is 1. The molecule has 0 N–H and O–H groups in total. The van der Waals surface area contributed by atoms with Crippen LogP contribution in [0, 0.1) is 10.1 Å². The molecule has 0 aliphatic carbocycles. The fourth-order valence-electron chi connectivity index (χ4n) is 4.15. The minimum Gasteiger partial charge on any atom is -0.422 e. The molecule has 1 aliphatic heterocycles. The maximum atomic E-state index is 13.7. The number of amides is 3. The van der Waals surface area contributed by atoms with Gasteiger partial charge in [0, 0.05) is 16.7 Å². The fraction of sp³-hybridized carbons (Fsp3) is 0.0357. The molecule has 3 amide bonds. The van der Waals surface area contributed by atoms with E-state index < -0.39 is 52.2 Å². The van der Waals surface area contributed by atoms with Gasteiger partial charge >= 0.3 is 5.97 Å². The number of fused-ring (bicyclic) bond motifs is 1. The van der Waals surface area contributed by atoms with Crippen molar-refractivity contribution in [2.45, 2.75) is 0 Å². The van der Waals surface area contributed by atoms with Gasteiger partial charge in [-0.25, -0.2) is 9.80 Å². The second-order valence-corrected chi connectivity index (χ2v) is 10.5.